The summed E-state index contributed by atoms with van der Waals surface area (Å²) in [6, 6.07) is 10.4. The Hall–Kier alpha value is -3.41. The zero-order chi connectivity index (χ0) is 21.1. The van der Waals surface area contributed by atoms with Gasteiger partial charge in [0, 0.05) is 22.2 Å². The maximum absolute atomic E-state index is 12.3. The molecule has 0 spiro atoms. The van der Waals surface area contributed by atoms with Crippen LogP contribution in [0.25, 0.3) is 11.0 Å². The maximum atomic E-state index is 12.3. The molecule has 6 nitrogen and oxygen atoms in total. The molecule has 29 heavy (non-hydrogen) atoms. The van der Waals surface area contributed by atoms with Crippen molar-refractivity contribution in [2.75, 3.05) is 5.32 Å². The van der Waals surface area contributed by atoms with Gasteiger partial charge in [-0.25, -0.2) is 0 Å². The van der Waals surface area contributed by atoms with Crippen LogP contribution < -0.4 is 5.32 Å². The molecule has 0 bridgehead atoms. The van der Waals surface area contributed by atoms with Gasteiger partial charge in [-0.15, -0.1) is 0 Å². The Balaban J connectivity index is 1.61. The predicted octanol–water partition coefficient (Wildman–Crippen LogP) is 4.37. The SMILES string of the molecule is CC(=O)c1ccc(NC(=O)[C@H](C)OC(=O)Cc2coc3c(C)c(C)ccc23)cc1. The average Bonchev–Trinajstić information content (AvgIpc) is 3.08. The Morgan fingerprint density at radius 3 is 2.41 bits per heavy atom. The van der Waals surface area contributed by atoms with E-state index in [2.05, 4.69) is 5.32 Å². The lowest BCUT2D eigenvalue weighted by Crippen LogP contribution is -2.30. The summed E-state index contributed by atoms with van der Waals surface area (Å²) in [5, 5.41) is 3.54. The van der Waals surface area contributed by atoms with Crippen LogP contribution in [0.15, 0.2) is 47.1 Å². The standard InChI is InChI=1S/C23H23NO5/c1-13-5-10-20-18(12-28-22(20)14(13)2)11-21(26)29-16(4)23(27)24-19-8-6-17(7-9-19)15(3)25/h5-10,12,16H,11H2,1-4H3,(H,24,27)/t16-/m0/s1. The first-order chi connectivity index (χ1) is 13.8. The average molecular weight is 393 g/mol. The first-order valence-electron chi connectivity index (χ1n) is 9.34. The van der Waals surface area contributed by atoms with Gasteiger partial charge in [0.1, 0.15) is 5.58 Å². The molecule has 0 saturated heterocycles. The van der Waals surface area contributed by atoms with Crippen molar-refractivity contribution in [2.45, 2.75) is 40.2 Å². The van der Waals surface area contributed by atoms with Gasteiger partial charge in [0.15, 0.2) is 11.9 Å². The molecule has 2 aromatic carbocycles. The quantitative estimate of drug-likeness (QED) is 0.497. The van der Waals surface area contributed by atoms with Crippen molar-refractivity contribution in [3.63, 3.8) is 0 Å². The molecule has 3 aromatic rings. The summed E-state index contributed by atoms with van der Waals surface area (Å²) >= 11 is 0. The molecule has 0 aliphatic rings. The van der Waals surface area contributed by atoms with Crippen molar-refractivity contribution in [3.8, 4) is 0 Å². The van der Waals surface area contributed by atoms with Gasteiger partial charge >= 0.3 is 5.97 Å². The predicted molar refractivity (Wildman–Crippen MR) is 110 cm³/mol. The van der Waals surface area contributed by atoms with E-state index in [0.717, 1.165) is 27.7 Å². The minimum atomic E-state index is -0.961. The summed E-state index contributed by atoms with van der Waals surface area (Å²) in [5.74, 6) is -1.01. The highest BCUT2D eigenvalue weighted by Crippen LogP contribution is 2.27. The second-order valence-electron chi connectivity index (χ2n) is 7.08. The number of esters is 1. The number of fused-ring (bicyclic) bond motifs is 1. The van der Waals surface area contributed by atoms with Crippen molar-refractivity contribution in [2.24, 2.45) is 0 Å². The number of hydrogen-bond acceptors (Lipinski definition) is 5. The van der Waals surface area contributed by atoms with Crippen LogP contribution in [0.3, 0.4) is 0 Å². The van der Waals surface area contributed by atoms with Gasteiger partial charge in [0.05, 0.1) is 12.7 Å². The Labute approximate surface area is 168 Å². The van der Waals surface area contributed by atoms with Crippen LogP contribution in [0.1, 0.15) is 40.9 Å². The summed E-state index contributed by atoms with van der Waals surface area (Å²) in [7, 11) is 0. The molecule has 0 fully saturated rings. The van der Waals surface area contributed by atoms with Crippen LogP contribution in [0.5, 0.6) is 0 Å². The van der Waals surface area contributed by atoms with Crippen LogP contribution in [0.2, 0.25) is 0 Å². The normalized spacial score (nSPS) is 11.9. The van der Waals surface area contributed by atoms with Gasteiger partial charge < -0.3 is 14.5 Å². The molecule has 6 heteroatoms. The number of Topliss-reactive ketones (excluding diaryl/α,β-unsaturated/α-hetero) is 1. The molecule has 0 aliphatic heterocycles. The molecule has 0 saturated carbocycles. The maximum Gasteiger partial charge on any atom is 0.311 e. The van der Waals surface area contributed by atoms with Gasteiger partial charge in [-0.3, -0.25) is 14.4 Å². The van der Waals surface area contributed by atoms with Crippen molar-refractivity contribution in [3.05, 3.63) is 64.9 Å². The minimum absolute atomic E-state index is 0.0143. The zero-order valence-electron chi connectivity index (χ0n) is 16.9. The Morgan fingerprint density at radius 2 is 1.76 bits per heavy atom. The highest BCUT2D eigenvalue weighted by atomic mass is 16.5. The number of benzene rings is 2. The lowest BCUT2D eigenvalue weighted by Gasteiger charge is -2.13. The molecule has 1 aromatic heterocycles. The van der Waals surface area contributed by atoms with Crippen LogP contribution in [-0.4, -0.2) is 23.8 Å². The second-order valence-corrected chi connectivity index (χ2v) is 7.08. The third-order valence-electron chi connectivity index (χ3n) is 4.91. The van der Waals surface area contributed by atoms with E-state index < -0.39 is 18.0 Å². The second kappa shape index (κ2) is 8.31. The summed E-state index contributed by atoms with van der Waals surface area (Å²) in [4.78, 5) is 35.9. The van der Waals surface area contributed by atoms with Gasteiger partial charge in [-0.1, -0.05) is 12.1 Å². The molecule has 150 valence electrons. The number of aryl methyl sites for hydroxylation is 2. The molecule has 0 radical (unpaired) electrons. The summed E-state index contributed by atoms with van der Waals surface area (Å²) in [5.41, 5.74) is 4.70. The smallest absolute Gasteiger partial charge is 0.311 e. The molecule has 0 unspecified atom stereocenters. The van der Waals surface area contributed by atoms with Crippen LogP contribution in [0, 0.1) is 13.8 Å². The number of carbonyl (C=O) groups excluding carboxylic acids is 3. The topological polar surface area (TPSA) is 85.6 Å². The molecule has 1 N–H and O–H groups in total. The first-order valence-corrected chi connectivity index (χ1v) is 9.34. The number of furan rings is 1. The molecule has 0 aliphatic carbocycles. The largest absolute Gasteiger partial charge is 0.464 e. The van der Waals surface area contributed by atoms with Gasteiger partial charge in [0.25, 0.3) is 5.91 Å². The highest BCUT2D eigenvalue weighted by Gasteiger charge is 2.20. The van der Waals surface area contributed by atoms with Crippen LogP contribution >= 0.6 is 0 Å². The van der Waals surface area contributed by atoms with E-state index >= 15 is 0 Å². The van der Waals surface area contributed by atoms with E-state index in [1.54, 1.807) is 30.5 Å². The minimum Gasteiger partial charge on any atom is -0.464 e. The molecule has 1 atom stereocenters. The lowest BCUT2D eigenvalue weighted by atomic mass is 10.0. The number of hydrogen-bond donors (Lipinski definition) is 1. The Kier molecular flexibility index (Phi) is 5.82. The van der Waals surface area contributed by atoms with Gasteiger partial charge in [-0.05, 0) is 63.1 Å². The number of carbonyl (C=O) groups is 3. The Bertz CT molecular complexity index is 1080. The fraction of sp³-hybridized carbons (Fsp3) is 0.261. The lowest BCUT2D eigenvalue weighted by molar-refractivity contribution is -0.152. The molecule has 3 rings (SSSR count). The number of nitrogens with one attached hydrogen (secondary N) is 1. The van der Waals surface area contributed by atoms with Gasteiger partial charge in [0.2, 0.25) is 0 Å². The first kappa shape index (κ1) is 20.3. The molecule has 1 heterocycles. The third-order valence-corrected chi connectivity index (χ3v) is 4.91. The highest BCUT2D eigenvalue weighted by molar-refractivity contribution is 5.97. The number of rotatable bonds is 6. The fourth-order valence-corrected chi connectivity index (χ4v) is 3.01. The molecule has 1 amide bonds. The monoisotopic (exact) mass is 393 g/mol. The number of anilines is 1. The van der Waals surface area contributed by atoms with Gasteiger partial charge in [-0.2, -0.15) is 0 Å². The third kappa shape index (κ3) is 4.54. The van der Waals surface area contributed by atoms with E-state index in [9.17, 15) is 14.4 Å². The van der Waals surface area contributed by atoms with E-state index in [0.29, 0.717) is 11.3 Å². The van der Waals surface area contributed by atoms with E-state index in [-0.39, 0.29) is 12.2 Å². The number of amides is 1. The number of ketones is 1. The zero-order valence-corrected chi connectivity index (χ0v) is 16.9. The van der Waals surface area contributed by atoms with Crippen molar-refractivity contribution >= 4 is 34.3 Å². The summed E-state index contributed by atoms with van der Waals surface area (Å²) in [6.07, 6.45) is 0.609. The summed E-state index contributed by atoms with van der Waals surface area (Å²) in [6.45, 7) is 6.96. The molecular weight excluding hydrogens is 370 g/mol. The number of ether oxygens (including phenoxy) is 1. The fourth-order valence-electron chi connectivity index (χ4n) is 3.01. The van der Waals surface area contributed by atoms with Crippen LogP contribution in [0.4, 0.5) is 5.69 Å². The van der Waals surface area contributed by atoms with E-state index in [1.165, 1.54) is 13.8 Å². The van der Waals surface area contributed by atoms with E-state index in [1.807, 2.05) is 26.0 Å². The van der Waals surface area contributed by atoms with Crippen molar-refractivity contribution in [1.82, 2.24) is 0 Å². The summed E-state index contributed by atoms with van der Waals surface area (Å²) < 4.78 is 10.9. The Morgan fingerprint density at radius 1 is 1.07 bits per heavy atom. The van der Waals surface area contributed by atoms with E-state index in [4.69, 9.17) is 9.15 Å². The van der Waals surface area contributed by atoms with Crippen LogP contribution in [-0.2, 0) is 20.7 Å². The van der Waals surface area contributed by atoms with Crippen molar-refractivity contribution < 1.29 is 23.5 Å². The van der Waals surface area contributed by atoms with Crippen molar-refractivity contribution in [1.29, 1.82) is 0 Å². The molecular formula is C23H23NO5.